The van der Waals surface area contributed by atoms with Crippen molar-refractivity contribution in [1.82, 2.24) is 4.98 Å². The van der Waals surface area contributed by atoms with Gasteiger partial charge in [-0.3, -0.25) is 4.79 Å². The van der Waals surface area contributed by atoms with E-state index >= 15 is 0 Å². The van der Waals surface area contributed by atoms with E-state index in [-0.39, 0.29) is 30.0 Å². The first kappa shape index (κ1) is 17.4. The number of anilines is 1. The molecular weight excluding hydrogens is 321 g/mol. The van der Waals surface area contributed by atoms with Crippen LogP contribution in [0.2, 0.25) is 0 Å². The van der Waals surface area contributed by atoms with Crippen molar-refractivity contribution in [2.45, 2.75) is 32.4 Å². The first-order valence-electron chi connectivity index (χ1n) is 6.94. The van der Waals surface area contributed by atoms with Crippen LogP contribution in [0.15, 0.2) is 6.20 Å². The lowest BCUT2D eigenvalue weighted by Gasteiger charge is -2.38. The Morgan fingerprint density at radius 2 is 2.04 bits per heavy atom. The minimum Gasteiger partial charge on any atom is -0.365 e. The summed E-state index contributed by atoms with van der Waals surface area (Å²) in [4.78, 5) is 16.7. The summed E-state index contributed by atoms with van der Waals surface area (Å²) in [5, 5.41) is 0. The molecule has 1 aliphatic heterocycles. The molecule has 4 nitrogen and oxygen atoms in total. The summed E-state index contributed by atoms with van der Waals surface area (Å²) in [6.07, 6.45) is -4.54. The summed E-state index contributed by atoms with van der Waals surface area (Å²) >= 11 is 0. The molecule has 0 bridgehead atoms. The van der Waals surface area contributed by atoms with E-state index in [1.165, 1.54) is 11.8 Å². The summed E-state index contributed by atoms with van der Waals surface area (Å²) in [7, 11) is 0. The van der Waals surface area contributed by atoms with Crippen LogP contribution in [-0.4, -0.2) is 29.9 Å². The standard InChI is InChI=1S/C14H16F5N3O/c1-7-6-22(4-3-13(7,15)16)12-10(11(20)23)8(2)9(5-21-12)14(17,18)19/h5,7H,3-4,6H2,1-2H3,(H2,20,23)/t7-/m1/s1. The van der Waals surface area contributed by atoms with Gasteiger partial charge in [0, 0.05) is 31.6 Å². The Bertz CT molecular complexity index is 630. The fourth-order valence-electron chi connectivity index (χ4n) is 2.69. The molecule has 2 rings (SSSR count). The lowest BCUT2D eigenvalue weighted by Crippen LogP contribution is -2.47. The van der Waals surface area contributed by atoms with Crippen LogP contribution in [0.3, 0.4) is 0 Å². The van der Waals surface area contributed by atoms with Crippen LogP contribution in [0.5, 0.6) is 0 Å². The predicted octanol–water partition coefficient (Wildman–Crippen LogP) is 2.99. The highest BCUT2D eigenvalue weighted by atomic mass is 19.4. The fourth-order valence-corrected chi connectivity index (χ4v) is 2.69. The van der Waals surface area contributed by atoms with Gasteiger partial charge in [-0.25, -0.2) is 13.8 Å². The molecule has 23 heavy (non-hydrogen) atoms. The first-order valence-corrected chi connectivity index (χ1v) is 6.94. The SMILES string of the molecule is Cc1c(C(F)(F)F)cnc(N2CCC(F)(F)[C@H](C)C2)c1C(N)=O. The number of pyridine rings is 1. The molecule has 0 spiro atoms. The molecule has 0 aliphatic carbocycles. The molecule has 1 aliphatic rings. The number of nitrogens with zero attached hydrogens (tertiary/aromatic N) is 2. The Morgan fingerprint density at radius 3 is 2.52 bits per heavy atom. The van der Waals surface area contributed by atoms with Crippen molar-refractivity contribution in [1.29, 1.82) is 0 Å². The zero-order chi connectivity index (χ0) is 17.6. The maximum absolute atomic E-state index is 13.6. The Labute approximate surface area is 129 Å². The molecule has 128 valence electrons. The molecule has 0 radical (unpaired) electrons. The van der Waals surface area contributed by atoms with Crippen molar-refractivity contribution in [2.24, 2.45) is 11.7 Å². The number of rotatable bonds is 2. The fraction of sp³-hybridized carbons (Fsp3) is 0.571. The van der Waals surface area contributed by atoms with Gasteiger partial charge in [0.25, 0.3) is 11.8 Å². The molecule has 1 aromatic heterocycles. The van der Waals surface area contributed by atoms with Crippen molar-refractivity contribution >= 4 is 11.7 Å². The van der Waals surface area contributed by atoms with E-state index in [4.69, 9.17) is 5.73 Å². The Morgan fingerprint density at radius 1 is 1.43 bits per heavy atom. The highest BCUT2D eigenvalue weighted by Gasteiger charge is 2.43. The van der Waals surface area contributed by atoms with Gasteiger partial charge < -0.3 is 10.6 Å². The number of primary amides is 1. The Kier molecular flexibility index (Phi) is 4.25. The Balaban J connectivity index is 2.48. The van der Waals surface area contributed by atoms with E-state index < -0.39 is 35.9 Å². The van der Waals surface area contributed by atoms with E-state index in [0.717, 1.165) is 6.92 Å². The largest absolute Gasteiger partial charge is 0.418 e. The minimum absolute atomic E-state index is 0.0784. The maximum atomic E-state index is 13.6. The summed E-state index contributed by atoms with van der Waals surface area (Å²) < 4.78 is 65.9. The molecular formula is C14H16F5N3O. The number of hydrogen-bond donors (Lipinski definition) is 1. The van der Waals surface area contributed by atoms with Gasteiger partial charge in [-0.2, -0.15) is 13.2 Å². The maximum Gasteiger partial charge on any atom is 0.418 e. The number of amides is 1. The van der Waals surface area contributed by atoms with Gasteiger partial charge in [-0.15, -0.1) is 0 Å². The molecule has 9 heteroatoms. The molecule has 2 N–H and O–H groups in total. The van der Waals surface area contributed by atoms with Crippen LogP contribution in [0.1, 0.15) is 34.8 Å². The van der Waals surface area contributed by atoms with Crippen molar-refractivity contribution in [3.63, 3.8) is 0 Å². The molecule has 1 amide bonds. The van der Waals surface area contributed by atoms with Gasteiger partial charge >= 0.3 is 6.18 Å². The van der Waals surface area contributed by atoms with Crippen molar-refractivity contribution in [3.05, 3.63) is 22.9 Å². The van der Waals surface area contributed by atoms with Gasteiger partial charge in [0.15, 0.2) is 0 Å². The molecule has 1 aromatic rings. The van der Waals surface area contributed by atoms with Gasteiger partial charge in [0.05, 0.1) is 11.1 Å². The number of carbonyl (C=O) groups excluding carboxylic acids is 1. The third kappa shape index (κ3) is 3.23. The van der Waals surface area contributed by atoms with Crippen molar-refractivity contribution < 1.29 is 26.7 Å². The molecule has 1 atom stereocenters. The molecule has 0 saturated carbocycles. The quantitative estimate of drug-likeness (QED) is 0.844. The van der Waals surface area contributed by atoms with Crippen LogP contribution in [0.25, 0.3) is 0 Å². The number of piperidine rings is 1. The zero-order valence-electron chi connectivity index (χ0n) is 12.5. The van der Waals surface area contributed by atoms with Crippen LogP contribution in [0.4, 0.5) is 27.8 Å². The minimum atomic E-state index is -4.68. The van der Waals surface area contributed by atoms with Gasteiger partial charge in [0.2, 0.25) is 0 Å². The Hall–Kier alpha value is -1.93. The van der Waals surface area contributed by atoms with E-state index in [0.29, 0.717) is 6.20 Å². The molecule has 1 saturated heterocycles. The summed E-state index contributed by atoms with van der Waals surface area (Å²) in [6, 6.07) is 0. The summed E-state index contributed by atoms with van der Waals surface area (Å²) in [5.74, 6) is -5.02. The highest BCUT2D eigenvalue weighted by Crippen LogP contribution is 2.38. The topological polar surface area (TPSA) is 59.2 Å². The number of aromatic nitrogens is 1. The van der Waals surface area contributed by atoms with E-state index in [9.17, 15) is 26.7 Å². The molecule has 0 unspecified atom stereocenters. The van der Waals surface area contributed by atoms with Crippen LogP contribution in [0, 0.1) is 12.8 Å². The average molecular weight is 337 g/mol. The molecule has 0 aromatic carbocycles. The van der Waals surface area contributed by atoms with Crippen molar-refractivity contribution in [2.75, 3.05) is 18.0 Å². The van der Waals surface area contributed by atoms with Crippen LogP contribution >= 0.6 is 0 Å². The van der Waals surface area contributed by atoms with Gasteiger partial charge in [-0.05, 0) is 12.5 Å². The van der Waals surface area contributed by atoms with Crippen molar-refractivity contribution in [3.8, 4) is 0 Å². The second-order valence-electron chi connectivity index (χ2n) is 5.72. The third-order valence-corrected chi connectivity index (χ3v) is 4.10. The van der Waals surface area contributed by atoms with E-state index in [2.05, 4.69) is 4.98 Å². The second-order valence-corrected chi connectivity index (χ2v) is 5.72. The van der Waals surface area contributed by atoms with E-state index in [1.807, 2.05) is 0 Å². The van der Waals surface area contributed by atoms with Crippen LogP contribution in [-0.2, 0) is 6.18 Å². The molecule has 1 fully saturated rings. The highest BCUT2D eigenvalue weighted by molar-refractivity contribution is 5.99. The predicted molar refractivity (Wildman–Crippen MR) is 73.4 cm³/mol. The second kappa shape index (κ2) is 5.61. The number of nitrogens with two attached hydrogens (primary N) is 1. The number of alkyl halides is 5. The van der Waals surface area contributed by atoms with Crippen LogP contribution < -0.4 is 10.6 Å². The monoisotopic (exact) mass is 337 g/mol. The zero-order valence-corrected chi connectivity index (χ0v) is 12.5. The average Bonchev–Trinajstić information content (AvgIpc) is 2.39. The smallest absolute Gasteiger partial charge is 0.365 e. The van der Waals surface area contributed by atoms with E-state index in [1.54, 1.807) is 0 Å². The normalized spacial score (nSPS) is 21.3. The lowest BCUT2D eigenvalue weighted by molar-refractivity contribution is -0.138. The van der Waals surface area contributed by atoms with Gasteiger partial charge in [0.1, 0.15) is 5.82 Å². The lowest BCUT2D eigenvalue weighted by atomic mass is 9.94. The first-order chi connectivity index (χ1) is 10.4. The third-order valence-electron chi connectivity index (χ3n) is 4.10. The molecule has 2 heterocycles. The number of carbonyl (C=O) groups is 1. The summed E-state index contributed by atoms with van der Waals surface area (Å²) in [6.45, 7) is 2.23. The van der Waals surface area contributed by atoms with Gasteiger partial charge in [-0.1, -0.05) is 6.92 Å². The number of hydrogen-bond acceptors (Lipinski definition) is 3. The summed E-state index contributed by atoms with van der Waals surface area (Å²) in [5.41, 5.74) is 3.41. The number of halogens is 5.